The van der Waals surface area contributed by atoms with Gasteiger partial charge in [0, 0.05) is 61.7 Å². The average Bonchev–Trinajstić information content (AvgIpc) is 3.04. The highest BCUT2D eigenvalue weighted by Crippen LogP contribution is 2.28. The van der Waals surface area contributed by atoms with Gasteiger partial charge in [0.15, 0.2) is 5.16 Å². The molecule has 0 fully saturated rings. The zero-order valence-corrected chi connectivity index (χ0v) is 26.6. The number of pyridine rings is 1. The molecular formula is C32H27Cl2FN6O3S. The van der Waals surface area contributed by atoms with E-state index in [0.29, 0.717) is 38.6 Å². The van der Waals surface area contributed by atoms with Crippen molar-refractivity contribution in [1.29, 1.82) is 0 Å². The molecule has 0 N–H and O–H groups in total. The highest BCUT2D eigenvalue weighted by Gasteiger charge is 2.17. The van der Waals surface area contributed by atoms with E-state index < -0.39 is 5.56 Å². The Morgan fingerprint density at radius 1 is 0.956 bits per heavy atom. The molecule has 0 radical (unpaired) electrons. The van der Waals surface area contributed by atoms with Crippen molar-refractivity contribution in [3.05, 3.63) is 128 Å². The number of nitrogens with zero attached hydrogens (tertiary/aromatic N) is 6. The Balaban J connectivity index is 1.33. The zero-order chi connectivity index (χ0) is 31.9. The van der Waals surface area contributed by atoms with Gasteiger partial charge in [-0.3, -0.25) is 14.6 Å². The maximum absolute atomic E-state index is 13.4. The predicted molar refractivity (Wildman–Crippen MR) is 172 cm³/mol. The fourth-order valence-corrected chi connectivity index (χ4v) is 5.55. The van der Waals surface area contributed by atoms with Gasteiger partial charge in [0.2, 0.25) is 5.91 Å². The molecule has 5 rings (SSSR count). The van der Waals surface area contributed by atoms with Crippen LogP contribution in [0.25, 0.3) is 11.3 Å². The quantitative estimate of drug-likeness (QED) is 0.123. The third-order valence-electron chi connectivity index (χ3n) is 6.76. The minimum atomic E-state index is -0.419. The van der Waals surface area contributed by atoms with Crippen LogP contribution in [-0.2, 0) is 30.1 Å². The molecule has 0 saturated heterocycles. The summed E-state index contributed by atoms with van der Waals surface area (Å²) in [6, 6.07) is 15.4. The SMILES string of the molecule is COc1ncc(Cc2cn(CC(=O)N(C)Cc3ccc(-c4ccc(Cl)c(Cl)c4)nc3)c(SCc3ccc(F)cc3)nc2=O)cn1. The molecule has 0 unspecified atom stereocenters. The van der Waals surface area contributed by atoms with Crippen LogP contribution in [0, 0.1) is 5.82 Å². The number of benzene rings is 2. The molecule has 1 amide bonds. The van der Waals surface area contributed by atoms with Crippen molar-refractivity contribution in [2.75, 3.05) is 14.2 Å². The van der Waals surface area contributed by atoms with Crippen LogP contribution < -0.4 is 10.3 Å². The Hall–Kier alpha value is -4.32. The van der Waals surface area contributed by atoms with Crippen molar-refractivity contribution in [2.45, 2.75) is 30.4 Å². The third-order valence-corrected chi connectivity index (χ3v) is 8.56. The van der Waals surface area contributed by atoms with Crippen LogP contribution >= 0.6 is 35.0 Å². The topological polar surface area (TPSA) is 103 Å². The number of thioether (sulfide) groups is 1. The molecule has 0 atom stereocenters. The Kier molecular flexibility index (Phi) is 10.4. The van der Waals surface area contributed by atoms with E-state index in [0.717, 1.165) is 22.4 Å². The normalized spacial score (nSPS) is 11.0. The van der Waals surface area contributed by atoms with E-state index in [-0.39, 0.29) is 30.7 Å². The van der Waals surface area contributed by atoms with Gasteiger partial charge in [0.1, 0.15) is 12.4 Å². The van der Waals surface area contributed by atoms with Gasteiger partial charge < -0.3 is 14.2 Å². The molecule has 0 spiro atoms. The second kappa shape index (κ2) is 14.6. The van der Waals surface area contributed by atoms with E-state index in [1.54, 1.807) is 65.6 Å². The largest absolute Gasteiger partial charge is 0.467 e. The van der Waals surface area contributed by atoms with Crippen molar-refractivity contribution >= 4 is 40.9 Å². The summed E-state index contributed by atoms with van der Waals surface area (Å²) in [5, 5.41) is 1.28. The summed E-state index contributed by atoms with van der Waals surface area (Å²) >= 11 is 13.5. The average molecular weight is 666 g/mol. The number of carbonyl (C=O) groups excluding carboxylic acids is 1. The van der Waals surface area contributed by atoms with E-state index in [1.807, 2.05) is 18.2 Å². The number of aromatic nitrogens is 5. The molecule has 2 aromatic carbocycles. The number of hydrogen-bond donors (Lipinski definition) is 0. The Bertz CT molecular complexity index is 1860. The molecule has 3 heterocycles. The highest BCUT2D eigenvalue weighted by atomic mass is 35.5. The van der Waals surface area contributed by atoms with Gasteiger partial charge in [-0.1, -0.05) is 59.2 Å². The van der Waals surface area contributed by atoms with Crippen LogP contribution in [0.3, 0.4) is 0 Å². The molecule has 0 aliphatic rings. The molecule has 0 aliphatic carbocycles. The number of halogens is 3. The van der Waals surface area contributed by atoms with Crippen molar-refractivity contribution in [2.24, 2.45) is 0 Å². The molecule has 9 nitrogen and oxygen atoms in total. The van der Waals surface area contributed by atoms with Crippen molar-refractivity contribution in [3.63, 3.8) is 0 Å². The standard InChI is InChI=1S/C32H27Cl2FN6O3S/c1-40(16-21-5-10-28(36-13-21)23-6-9-26(33)27(34)12-23)29(42)18-41-17-24(11-22-14-37-31(44-2)38-15-22)30(43)39-32(41)45-19-20-3-7-25(35)8-4-20/h3-10,12-15,17H,11,16,18-19H2,1-2H3. The van der Waals surface area contributed by atoms with E-state index in [9.17, 15) is 14.0 Å². The fourth-order valence-electron chi connectivity index (χ4n) is 4.33. The first-order valence-electron chi connectivity index (χ1n) is 13.7. The monoisotopic (exact) mass is 664 g/mol. The molecular weight excluding hydrogens is 638 g/mol. The lowest BCUT2D eigenvalue weighted by atomic mass is 10.1. The number of ether oxygens (including phenoxy) is 1. The van der Waals surface area contributed by atoms with Crippen LogP contribution in [0.4, 0.5) is 4.39 Å². The minimum Gasteiger partial charge on any atom is -0.467 e. The summed E-state index contributed by atoms with van der Waals surface area (Å²) in [5.41, 5.74) is 3.89. The fraction of sp³-hybridized carbons (Fsp3) is 0.188. The summed E-state index contributed by atoms with van der Waals surface area (Å²) < 4.78 is 20.1. The summed E-state index contributed by atoms with van der Waals surface area (Å²) in [5.74, 6) is -0.103. The molecule has 45 heavy (non-hydrogen) atoms. The molecule has 5 aromatic rings. The van der Waals surface area contributed by atoms with Gasteiger partial charge >= 0.3 is 6.01 Å². The first-order chi connectivity index (χ1) is 21.7. The molecule has 0 saturated carbocycles. The second-order valence-electron chi connectivity index (χ2n) is 10.1. The smallest absolute Gasteiger partial charge is 0.316 e. The van der Waals surface area contributed by atoms with Crippen LogP contribution in [0.1, 0.15) is 22.3 Å². The maximum Gasteiger partial charge on any atom is 0.316 e. The van der Waals surface area contributed by atoms with Crippen LogP contribution in [0.15, 0.2) is 89.3 Å². The predicted octanol–water partition coefficient (Wildman–Crippen LogP) is 6.09. The first-order valence-corrected chi connectivity index (χ1v) is 15.4. The summed E-state index contributed by atoms with van der Waals surface area (Å²) in [6.45, 7) is 0.256. The first kappa shape index (κ1) is 32.1. The Morgan fingerprint density at radius 3 is 2.33 bits per heavy atom. The zero-order valence-electron chi connectivity index (χ0n) is 24.3. The molecule has 230 valence electrons. The van der Waals surface area contributed by atoms with Gasteiger partial charge in [-0.05, 0) is 47.0 Å². The van der Waals surface area contributed by atoms with Gasteiger partial charge in [0.25, 0.3) is 5.56 Å². The Morgan fingerprint density at radius 2 is 1.67 bits per heavy atom. The Labute approximate surface area is 273 Å². The van der Waals surface area contributed by atoms with Crippen LogP contribution in [0.5, 0.6) is 6.01 Å². The number of carbonyl (C=O) groups is 1. The van der Waals surface area contributed by atoms with Crippen molar-refractivity contribution < 1.29 is 13.9 Å². The van der Waals surface area contributed by atoms with E-state index in [2.05, 4.69) is 19.9 Å². The van der Waals surface area contributed by atoms with Crippen LogP contribution in [0.2, 0.25) is 10.0 Å². The van der Waals surface area contributed by atoms with Crippen molar-refractivity contribution in [3.8, 4) is 17.3 Å². The maximum atomic E-state index is 13.4. The molecule has 0 aliphatic heterocycles. The van der Waals surface area contributed by atoms with Gasteiger partial charge in [-0.2, -0.15) is 4.98 Å². The number of likely N-dealkylation sites (N-methyl/N-ethyl adjacent to an activating group) is 1. The molecule has 3 aromatic heterocycles. The molecule has 13 heteroatoms. The van der Waals surface area contributed by atoms with Gasteiger partial charge in [-0.25, -0.2) is 14.4 Å². The van der Waals surface area contributed by atoms with E-state index in [1.165, 1.54) is 31.0 Å². The minimum absolute atomic E-state index is 0.0591. The number of hydrogen-bond acceptors (Lipinski definition) is 8. The lowest BCUT2D eigenvalue weighted by Gasteiger charge is -2.20. The lowest BCUT2D eigenvalue weighted by Crippen LogP contribution is -2.31. The number of amides is 1. The van der Waals surface area contributed by atoms with Crippen molar-refractivity contribution in [1.82, 2.24) is 29.4 Å². The second-order valence-corrected chi connectivity index (χ2v) is 11.8. The van der Waals surface area contributed by atoms with E-state index >= 15 is 0 Å². The van der Waals surface area contributed by atoms with Gasteiger partial charge in [0.05, 0.1) is 22.8 Å². The highest BCUT2D eigenvalue weighted by molar-refractivity contribution is 7.98. The molecule has 0 bridgehead atoms. The number of methoxy groups -OCH3 is 1. The summed E-state index contributed by atoms with van der Waals surface area (Å²) in [7, 11) is 3.17. The van der Waals surface area contributed by atoms with Gasteiger partial charge in [-0.15, -0.1) is 0 Å². The number of rotatable bonds is 11. The third kappa shape index (κ3) is 8.44. The summed E-state index contributed by atoms with van der Waals surface area (Å²) in [4.78, 5) is 45.1. The summed E-state index contributed by atoms with van der Waals surface area (Å²) in [6.07, 6.45) is 6.73. The van der Waals surface area contributed by atoms with Crippen LogP contribution in [-0.4, -0.2) is 49.5 Å². The van der Waals surface area contributed by atoms with E-state index in [4.69, 9.17) is 27.9 Å². The lowest BCUT2D eigenvalue weighted by molar-refractivity contribution is -0.131.